The van der Waals surface area contributed by atoms with Gasteiger partial charge in [0.05, 0.1) is 27.5 Å². The van der Waals surface area contributed by atoms with Crippen LogP contribution in [0.15, 0.2) is 41.1 Å². The minimum atomic E-state index is -0.853. The molecule has 0 aliphatic carbocycles. The van der Waals surface area contributed by atoms with Gasteiger partial charge in [0.1, 0.15) is 11.3 Å². The topological polar surface area (TPSA) is 66.2 Å². The monoisotopic (exact) mass is 384 g/mol. The molecule has 0 bridgehead atoms. The summed E-state index contributed by atoms with van der Waals surface area (Å²) in [5.74, 6) is 0.902. The third kappa shape index (κ3) is 2.25. The molecule has 3 heterocycles. The molecule has 3 aromatic heterocycles. The standard InChI is InChI=1S/C18H17BrN4O/c1-10-22-15(11-4-6-12(7-5-11)18(2,3)24)14-9-21-17-16(23(10)14)13(19)8-20-17/h4-9,20,24H,1-3H3. The van der Waals surface area contributed by atoms with E-state index in [0.717, 1.165) is 43.8 Å². The van der Waals surface area contributed by atoms with Crippen LogP contribution in [0.25, 0.3) is 27.9 Å². The van der Waals surface area contributed by atoms with Gasteiger partial charge in [-0.3, -0.25) is 4.40 Å². The lowest BCUT2D eigenvalue weighted by Gasteiger charge is -2.17. The van der Waals surface area contributed by atoms with Gasteiger partial charge >= 0.3 is 0 Å². The minimum Gasteiger partial charge on any atom is -0.386 e. The quantitative estimate of drug-likeness (QED) is 0.544. The minimum absolute atomic E-state index is 0.818. The Hall–Kier alpha value is -2.18. The van der Waals surface area contributed by atoms with Crippen LogP contribution in [-0.4, -0.2) is 24.5 Å². The van der Waals surface area contributed by atoms with Gasteiger partial charge in [0.2, 0.25) is 0 Å². The fraction of sp³-hybridized carbons (Fsp3) is 0.222. The van der Waals surface area contributed by atoms with Gasteiger partial charge < -0.3 is 10.1 Å². The smallest absolute Gasteiger partial charge is 0.155 e. The maximum absolute atomic E-state index is 10.1. The van der Waals surface area contributed by atoms with Crippen LogP contribution in [0, 0.1) is 6.92 Å². The van der Waals surface area contributed by atoms with Gasteiger partial charge in [-0.25, -0.2) is 9.97 Å². The number of hydrogen-bond acceptors (Lipinski definition) is 3. The van der Waals surface area contributed by atoms with E-state index in [1.54, 1.807) is 13.8 Å². The molecular weight excluding hydrogens is 368 g/mol. The first-order valence-electron chi connectivity index (χ1n) is 7.70. The Labute approximate surface area is 147 Å². The Morgan fingerprint density at radius 2 is 1.92 bits per heavy atom. The van der Waals surface area contributed by atoms with Crippen LogP contribution in [-0.2, 0) is 5.60 Å². The van der Waals surface area contributed by atoms with Crippen molar-refractivity contribution in [3.63, 3.8) is 0 Å². The molecule has 0 aliphatic heterocycles. The van der Waals surface area contributed by atoms with Crippen LogP contribution in [0.2, 0.25) is 0 Å². The normalized spacial score (nSPS) is 12.4. The van der Waals surface area contributed by atoms with E-state index in [9.17, 15) is 5.11 Å². The number of H-pyrrole nitrogens is 1. The van der Waals surface area contributed by atoms with Crippen LogP contribution < -0.4 is 0 Å². The molecule has 0 radical (unpaired) electrons. The van der Waals surface area contributed by atoms with Gasteiger partial charge in [0.15, 0.2) is 5.65 Å². The Balaban J connectivity index is 1.95. The molecule has 24 heavy (non-hydrogen) atoms. The van der Waals surface area contributed by atoms with Crippen molar-refractivity contribution in [1.29, 1.82) is 0 Å². The van der Waals surface area contributed by atoms with Gasteiger partial charge in [0.25, 0.3) is 0 Å². The van der Waals surface area contributed by atoms with Crippen molar-refractivity contribution < 1.29 is 5.11 Å². The first-order chi connectivity index (χ1) is 11.4. The van der Waals surface area contributed by atoms with Crippen molar-refractivity contribution in [3.05, 3.63) is 52.5 Å². The number of aryl methyl sites for hydroxylation is 1. The molecule has 0 aliphatic rings. The summed E-state index contributed by atoms with van der Waals surface area (Å²) in [5, 5.41) is 10.1. The second kappa shape index (κ2) is 5.16. The third-order valence-electron chi connectivity index (χ3n) is 4.27. The summed E-state index contributed by atoms with van der Waals surface area (Å²) >= 11 is 3.57. The Kier molecular flexibility index (Phi) is 3.30. The number of aromatic amines is 1. The van der Waals surface area contributed by atoms with Gasteiger partial charge in [-0.1, -0.05) is 24.3 Å². The molecular formula is C18H17BrN4O. The number of rotatable bonds is 2. The van der Waals surface area contributed by atoms with Crippen LogP contribution >= 0.6 is 15.9 Å². The maximum atomic E-state index is 10.1. The number of hydrogen-bond donors (Lipinski definition) is 2. The lowest BCUT2D eigenvalue weighted by atomic mass is 9.97. The predicted octanol–water partition coefficient (Wildman–Crippen LogP) is 4.18. The highest BCUT2D eigenvalue weighted by molar-refractivity contribution is 9.10. The van der Waals surface area contributed by atoms with Gasteiger partial charge in [-0.05, 0) is 42.3 Å². The first kappa shape index (κ1) is 15.4. The Morgan fingerprint density at radius 1 is 1.21 bits per heavy atom. The lowest BCUT2D eigenvalue weighted by molar-refractivity contribution is 0.0786. The van der Waals surface area contributed by atoms with E-state index >= 15 is 0 Å². The SMILES string of the molecule is Cc1nc(-c2ccc(C(C)(C)O)cc2)c2cnc3[nH]cc(Br)c3n12. The molecule has 4 rings (SSSR count). The molecule has 0 atom stereocenters. The first-order valence-corrected chi connectivity index (χ1v) is 8.49. The molecule has 0 fully saturated rings. The van der Waals surface area contributed by atoms with Crippen molar-refractivity contribution in [2.75, 3.05) is 0 Å². The molecule has 0 spiro atoms. The van der Waals surface area contributed by atoms with Crippen LogP contribution in [0.3, 0.4) is 0 Å². The van der Waals surface area contributed by atoms with Crippen LogP contribution in [0.4, 0.5) is 0 Å². The molecule has 0 saturated heterocycles. The number of aromatic nitrogens is 4. The van der Waals surface area contributed by atoms with Crippen LogP contribution in [0.5, 0.6) is 0 Å². The van der Waals surface area contributed by atoms with Crippen molar-refractivity contribution in [3.8, 4) is 11.3 Å². The van der Waals surface area contributed by atoms with Gasteiger partial charge in [-0.15, -0.1) is 0 Å². The number of nitrogens with zero attached hydrogens (tertiary/aromatic N) is 3. The lowest BCUT2D eigenvalue weighted by Crippen LogP contribution is -2.14. The molecule has 6 heteroatoms. The fourth-order valence-electron chi connectivity index (χ4n) is 3.02. The fourth-order valence-corrected chi connectivity index (χ4v) is 3.50. The number of aliphatic hydroxyl groups is 1. The van der Waals surface area contributed by atoms with E-state index in [2.05, 4.69) is 30.3 Å². The average molecular weight is 385 g/mol. The van der Waals surface area contributed by atoms with E-state index in [4.69, 9.17) is 4.98 Å². The number of benzene rings is 1. The zero-order chi connectivity index (χ0) is 17.1. The molecule has 122 valence electrons. The van der Waals surface area contributed by atoms with E-state index in [1.165, 1.54) is 0 Å². The molecule has 2 N–H and O–H groups in total. The number of imidazole rings is 1. The van der Waals surface area contributed by atoms with Crippen molar-refractivity contribution in [2.24, 2.45) is 0 Å². The molecule has 1 aromatic carbocycles. The van der Waals surface area contributed by atoms with Gasteiger partial charge in [0, 0.05) is 11.8 Å². The Morgan fingerprint density at radius 3 is 2.58 bits per heavy atom. The zero-order valence-electron chi connectivity index (χ0n) is 13.6. The van der Waals surface area contributed by atoms with Crippen LogP contribution in [0.1, 0.15) is 25.2 Å². The van der Waals surface area contributed by atoms with E-state index in [-0.39, 0.29) is 0 Å². The summed E-state index contributed by atoms with van der Waals surface area (Å²) in [7, 11) is 0. The summed E-state index contributed by atoms with van der Waals surface area (Å²) in [6.45, 7) is 5.55. The molecule has 5 nitrogen and oxygen atoms in total. The second-order valence-corrected chi connectivity index (χ2v) is 7.31. The summed E-state index contributed by atoms with van der Waals surface area (Å²) < 4.78 is 3.06. The number of nitrogens with one attached hydrogen (secondary N) is 1. The van der Waals surface area contributed by atoms with Gasteiger partial charge in [-0.2, -0.15) is 0 Å². The highest BCUT2D eigenvalue weighted by atomic mass is 79.9. The summed E-state index contributed by atoms with van der Waals surface area (Å²) in [5.41, 5.74) is 4.67. The van der Waals surface area contributed by atoms with Crippen molar-refractivity contribution >= 4 is 32.6 Å². The molecule has 4 aromatic rings. The van der Waals surface area contributed by atoms with Crippen molar-refractivity contribution in [2.45, 2.75) is 26.4 Å². The predicted molar refractivity (Wildman–Crippen MR) is 98.0 cm³/mol. The zero-order valence-corrected chi connectivity index (χ0v) is 15.2. The van der Waals surface area contributed by atoms with E-state index in [1.807, 2.05) is 43.6 Å². The Bertz CT molecular complexity index is 1050. The van der Waals surface area contributed by atoms with E-state index in [0.29, 0.717) is 0 Å². The maximum Gasteiger partial charge on any atom is 0.155 e. The summed E-state index contributed by atoms with van der Waals surface area (Å²) in [6, 6.07) is 7.86. The van der Waals surface area contributed by atoms with E-state index < -0.39 is 5.60 Å². The molecule has 0 saturated carbocycles. The largest absolute Gasteiger partial charge is 0.386 e. The average Bonchev–Trinajstić information content (AvgIpc) is 3.08. The molecule has 0 unspecified atom stereocenters. The summed E-state index contributed by atoms with van der Waals surface area (Å²) in [4.78, 5) is 12.4. The third-order valence-corrected chi connectivity index (χ3v) is 4.88. The summed E-state index contributed by atoms with van der Waals surface area (Å²) in [6.07, 6.45) is 3.72. The number of fused-ring (bicyclic) bond motifs is 3. The molecule has 0 amide bonds. The highest BCUT2D eigenvalue weighted by Crippen LogP contribution is 2.31. The number of halogens is 1. The highest BCUT2D eigenvalue weighted by Gasteiger charge is 2.18. The van der Waals surface area contributed by atoms with Crippen molar-refractivity contribution in [1.82, 2.24) is 19.4 Å². The second-order valence-electron chi connectivity index (χ2n) is 6.46.